The van der Waals surface area contributed by atoms with Crippen LogP contribution in [0.4, 0.5) is 29.3 Å². The van der Waals surface area contributed by atoms with Crippen LogP contribution in [0, 0.1) is 0 Å². The minimum Gasteiger partial charge on any atom is -0.480 e. The number of halogens is 3. The third kappa shape index (κ3) is 6.66. The van der Waals surface area contributed by atoms with Crippen molar-refractivity contribution in [1.29, 1.82) is 0 Å². The van der Waals surface area contributed by atoms with Crippen molar-refractivity contribution in [3.8, 4) is 11.4 Å². The number of carbonyl (C=O) groups is 3. The van der Waals surface area contributed by atoms with Crippen LogP contribution < -0.4 is 16.2 Å². The highest BCUT2D eigenvalue weighted by atomic mass is 19.4. The average Bonchev–Trinajstić information content (AvgIpc) is 2.81. The predicted octanol–water partition coefficient (Wildman–Crippen LogP) is 3.24. The molecule has 0 aliphatic heterocycles. The number of alkyl halides is 3. The van der Waals surface area contributed by atoms with Crippen LogP contribution >= 0.6 is 0 Å². The van der Waals surface area contributed by atoms with E-state index in [-0.39, 0.29) is 29.4 Å². The van der Waals surface area contributed by atoms with Crippen LogP contribution in [-0.4, -0.2) is 38.8 Å². The molecule has 0 saturated heterocycles. The summed E-state index contributed by atoms with van der Waals surface area (Å²) < 4.78 is 43.0. The number of carboxylic acids is 1. The minimum atomic E-state index is -5.08. The Balaban J connectivity index is 1.82. The molecule has 0 aliphatic carbocycles. The molecule has 35 heavy (non-hydrogen) atoms. The molecule has 0 aliphatic rings. The Bertz CT molecular complexity index is 1290. The van der Waals surface area contributed by atoms with Gasteiger partial charge in [-0.15, -0.1) is 0 Å². The maximum atomic E-state index is 12.8. The molecule has 3 N–H and O–H groups in total. The monoisotopic (exact) mass is 490 g/mol. The van der Waals surface area contributed by atoms with Crippen molar-refractivity contribution < 1.29 is 37.4 Å². The van der Waals surface area contributed by atoms with E-state index in [1.807, 2.05) is 0 Å². The van der Waals surface area contributed by atoms with E-state index >= 15 is 0 Å². The van der Waals surface area contributed by atoms with Gasteiger partial charge >= 0.3 is 24.1 Å². The Morgan fingerprint density at radius 2 is 1.66 bits per heavy atom. The minimum absolute atomic E-state index is 0.0707. The number of rotatable bonds is 7. The Labute approximate surface area is 195 Å². The SMILES string of the molecule is O=C(O)Cn1c(-c2ccc(NC(=O)C(F)(F)F)cc2)ncc(NC(=O)OCc2ccccc2)c1=O. The fourth-order valence-corrected chi connectivity index (χ4v) is 2.86. The molecule has 2 amide bonds. The van der Waals surface area contributed by atoms with Gasteiger partial charge in [-0.3, -0.25) is 24.3 Å². The summed E-state index contributed by atoms with van der Waals surface area (Å²) in [5, 5.41) is 13.1. The van der Waals surface area contributed by atoms with Gasteiger partial charge in [0, 0.05) is 11.3 Å². The third-order valence-electron chi connectivity index (χ3n) is 4.45. The van der Waals surface area contributed by atoms with Crippen LogP contribution in [0.1, 0.15) is 5.56 Å². The van der Waals surface area contributed by atoms with Gasteiger partial charge in [0.25, 0.3) is 5.56 Å². The topological polar surface area (TPSA) is 140 Å². The van der Waals surface area contributed by atoms with E-state index in [0.29, 0.717) is 5.56 Å². The fourth-order valence-electron chi connectivity index (χ4n) is 2.86. The van der Waals surface area contributed by atoms with Gasteiger partial charge in [0.05, 0.1) is 6.20 Å². The van der Waals surface area contributed by atoms with E-state index in [1.165, 1.54) is 12.1 Å². The van der Waals surface area contributed by atoms with Crippen molar-refractivity contribution in [3.05, 3.63) is 76.7 Å². The normalized spacial score (nSPS) is 10.9. The lowest BCUT2D eigenvalue weighted by Crippen LogP contribution is -2.30. The smallest absolute Gasteiger partial charge is 0.471 e. The highest BCUT2D eigenvalue weighted by Crippen LogP contribution is 2.22. The predicted molar refractivity (Wildman–Crippen MR) is 117 cm³/mol. The fraction of sp³-hybridized carbons (Fsp3) is 0.136. The summed E-state index contributed by atoms with van der Waals surface area (Å²) >= 11 is 0. The third-order valence-corrected chi connectivity index (χ3v) is 4.45. The molecule has 0 atom stereocenters. The number of nitrogens with zero attached hydrogens (tertiary/aromatic N) is 2. The number of hydrogen-bond acceptors (Lipinski definition) is 6. The molecule has 13 heteroatoms. The average molecular weight is 490 g/mol. The number of nitrogens with one attached hydrogen (secondary N) is 2. The number of aliphatic carboxylic acids is 1. The molecule has 182 valence electrons. The first-order valence-corrected chi connectivity index (χ1v) is 9.82. The molecule has 0 saturated carbocycles. The molecule has 0 fully saturated rings. The molecule has 0 radical (unpaired) electrons. The van der Waals surface area contributed by atoms with Gasteiger partial charge in [-0.2, -0.15) is 13.2 Å². The van der Waals surface area contributed by atoms with Crippen molar-refractivity contribution in [2.45, 2.75) is 19.3 Å². The summed E-state index contributed by atoms with van der Waals surface area (Å²) in [4.78, 5) is 51.3. The molecule has 2 aromatic carbocycles. The first-order valence-electron chi connectivity index (χ1n) is 9.82. The van der Waals surface area contributed by atoms with Gasteiger partial charge in [0.1, 0.15) is 24.7 Å². The van der Waals surface area contributed by atoms with E-state index < -0.39 is 36.3 Å². The van der Waals surface area contributed by atoms with Crippen molar-refractivity contribution in [1.82, 2.24) is 9.55 Å². The number of aromatic nitrogens is 2. The summed E-state index contributed by atoms with van der Waals surface area (Å²) in [6, 6.07) is 13.5. The summed E-state index contributed by atoms with van der Waals surface area (Å²) in [5.74, 6) is -3.68. The molecule has 3 aromatic rings. The Morgan fingerprint density at radius 3 is 2.26 bits per heavy atom. The summed E-state index contributed by atoms with van der Waals surface area (Å²) in [6.45, 7) is -0.888. The van der Waals surface area contributed by atoms with Crippen LogP contribution in [0.5, 0.6) is 0 Å². The van der Waals surface area contributed by atoms with Crippen molar-refractivity contribution in [3.63, 3.8) is 0 Å². The molecular weight excluding hydrogens is 473 g/mol. The number of benzene rings is 2. The van der Waals surface area contributed by atoms with E-state index in [9.17, 15) is 37.5 Å². The molecule has 10 nitrogen and oxygen atoms in total. The summed E-state index contributed by atoms with van der Waals surface area (Å²) in [5.41, 5.74) is -0.547. The van der Waals surface area contributed by atoms with E-state index in [1.54, 1.807) is 35.6 Å². The van der Waals surface area contributed by atoms with Crippen LogP contribution in [-0.2, 0) is 27.5 Å². The zero-order valence-electron chi connectivity index (χ0n) is 17.7. The quantitative estimate of drug-likeness (QED) is 0.462. The van der Waals surface area contributed by atoms with Crippen LogP contribution in [0.2, 0.25) is 0 Å². The maximum Gasteiger partial charge on any atom is 0.471 e. The van der Waals surface area contributed by atoms with Crippen molar-refractivity contribution in [2.24, 2.45) is 0 Å². The summed E-state index contributed by atoms with van der Waals surface area (Å²) in [6.07, 6.45) is -5.04. The maximum absolute atomic E-state index is 12.8. The number of amides is 2. The lowest BCUT2D eigenvalue weighted by Gasteiger charge is -2.13. The van der Waals surface area contributed by atoms with E-state index in [2.05, 4.69) is 10.3 Å². The zero-order chi connectivity index (χ0) is 25.6. The Morgan fingerprint density at radius 1 is 1.00 bits per heavy atom. The van der Waals surface area contributed by atoms with E-state index in [0.717, 1.165) is 22.9 Å². The van der Waals surface area contributed by atoms with E-state index in [4.69, 9.17) is 4.74 Å². The first-order chi connectivity index (χ1) is 16.5. The van der Waals surface area contributed by atoms with Crippen LogP contribution in [0.25, 0.3) is 11.4 Å². The zero-order valence-corrected chi connectivity index (χ0v) is 17.7. The highest BCUT2D eigenvalue weighted by Gasteiger charge is 2.38. The van der Waals surface area contributed by atoms with Gasteiger partial charge in [-0.25, -0.2) is 9.78 Å². The molecule has 1 aromatic heterocycles. The Hall–Kier alpha value is -4.68. The van der Waals surface area contributed by atoms with Gasteiger partial charge < -0.3 is 15.2 Å². The first kappa shape index (κ1) is 25.0. The number of anilines is 2. The number of ether oxygens (including phenoxy) is 1. The van der Waals surface area contributed by atoms with Crippen LogP contribution in [0.3, 0.4) is 0 Å². The lowest BCUT2D eigenvalue weighted by atomic mass is 10.2. The van der Waals surface area contributed by atoms with Crippen molar-refractivity contribution >= 4 is 29.3 Å². The number of carboxylic acid groups (broad SMARTS) is 1. The molecular formula is C22H17F3N4O6. The molecule has 3 rings (SSSR count). The molecule has 0 spiro atoms. The van der Waals surface area contributed by atoms with Crippen molar-refractivity contribution in [2.75, 3.05) is 10.6 Å². The second-order valence-electron chi connectivity index (χ2n) is 7.00. The molecule has 1 heterocycles. The molecule has 0 unspecified atom stereocenters. The summed E-state index contributed by atoms with van der Waals surface area (Å²) in [7, 11) is 0. The Kier molecular flexibility index (Phi) is 7.49. The van der Waals surface area contributed by atoms with Gasteiger partial charge in [-0.05, 0) is 29.8 Å². The molecule has 0 bridgehead atoms. The van der Waals surface area contributed by atoms with Crippen LogP contribution in [0.15, 0.2) is 65.6 Å². The van der Waals surface area contributed by atoms with Gasteiger partial charge in [0.2, 0.25) is 0 Å². The lowest BCUT2D eigenvalue weighted by molar-refractivity contribution is -0.167. The van der Waals surface area contributed by atoms with Gasteiger partial charge in [0.15, 0.2) is 0 Å². The number of hydrogen-bond donors (Lipinski definition) is 3. The second-order valence-corrected chi connectivity index (χ2v) is 7.00. The standard InChI is InChI=1S/C22H17F3N4O6/c23-22(24,25)20(33)27-15-8-6-14(7-9-15)18-26-10-16(19(32)29(18)11-17(30)31)28-21(34)35-12-13-4-2-1-3-5-13/h1-10H,11-12H2,(H,27,33)(H,28,34)(H,30,31). The largest absolute Gasteiger partial charge is 0.480 e. The highest BCUT2D eigenvalue weighted by molar-refractivity contribution is 5.95. The second kappa shape index (κ2) is 10.5. The van der Waals surface area contributed by atoms with Gasteiger partial charge in [-0.1, -0.05) is 30.3 Å². The number of carbonyl (C=O) groups excluding carboxylic acids is 2.